The number of carbonyl (C=O) groups excluding carboxylic acids is 1. The highest BCUT2D eigenvalue weighted by Gasteiger charge is 2.02. The van der Waals surface area contributed by atoms with Gasteiger partial charge in [-0.25, -0.2) is 0 Å². The number of aldehydes is 1. The summed E-state index contributed by atoms with van der Waals surface area (Å²) in [4.78, 5) is 11.5. The average molecular weight is 237 g/mol. The van der Waals surface area contributed by atoms with Crippen LogP contribution in [0.4, 0.5) is 0 Å². The summed E-state index contributed by atoms with van der Waals surface area (Å²) in [6, 6.07) is 0. The fourth-order valence-electron chi connectivity index (χ4n) is 0.470. The van der Waals surface area contributed by atoms with Gasteiger partial charge in [-0.2, -0.15) is 4.80 Å². The van der Waals surface area contributed by atoms with Gasteiger partial charge in [0.2, 0.25) is 0 Å². The zero-order valence-electron chi connectivity index (χ0n) is 4.71. The smallest absolute Gasteiger partial charge is 0.173 e. The van der Waals surface area contributed by atoms with E-state index in [0.29, 0.717) is 15.7 Å². The van der Waals surface area contributed by atoms with Crippen LogP contribution < -0.4 is 0 Å². The summed E-state index contributed by atoms with van der Waals surface area (Å²) in [5.41, 5.74) is 0.401. The quantitative estimate of drug-likeness (QED) is 0.519. The van der Waals surface area contributed by atoms with Crippen molar-refractivity contribution in [3.05, 3.63) is 9.39 Å². The van der Waals surface area contributed by atoms with Crippen LogP contribution in [0.25, 0.3) is 0 Å². The highest BCUT2D eigenvalue weighted by atomic mass is 127. The number of aromatic nitrogens is 3. The molecule has 0 aliphatic carbocycles. The highest BCUT2D eigenvalue weighted by Crippen LogP contribution is 2.01. The van der Waals surface area contributed by atoms with Gasteiger partial charge in [0.1, 0.15) is 0 Å². The zero-order chi connectivity index (χ0) is 6.85. The highest BCUT2D eigenvalue weighted by molar-refractivity contribution is 14.1. The molecule has 1 aromatic rings. The van der Waals surface area contributed by atoms with Crippen LogP contribution in [0.3, 0.4) is 0 Å². The first kappa shape index (κ1) is 6.66. The summed E-state index contributed by atoms with van der Waals surface area (Å²) in [6.07, 6.45) is 0.689. The molecular formula is C4H4IN3O. The van der Waals surface area contributed by atoms with Crippen LogP contribution in [-0.2, 0) is 7.05 Å². The van der Waals surface area contributed by atoms with E-state index in [1.807, 2.05) is 22.6 Å². The van der Waals surface area contributed by atoms with Crippen LogP contribution >= 0.6 is 22.6 Å². The third kappa shape index (κ3) is 1.26. The molecule has 0 N–H and O–H groups in total. The third-order valence-electron chi connectivity index (χ3n) is 0.808. The molecule has 0 aromatic carbocycles. The number of hydrogen-bond acceptors (Lipinski definition) is 3. The Balaban J connectivity index is 3.15. The van der Waals surface area contributed by atoms with E-state index < -0.39 is 0 Å². The Morgan fingerprint density at radius 2 is 2.33 bits per heavy atom. The summed E-state index contributed by atoms with van der Waals surface area (Å²) < 4.78 is 0.644. The first-order valence-electron chi connectivity index (χ1n) is 2.26. The Hall–Kier alpha value is -0.460. The molecule has 0 saturated carbocycles. The zero-order valence-corrected chi connectivity index (χ0v) is 6.86. The Morgan fingerprint density at radius 3 is 2.56 bits per heavy atom. The number of hydrogen-bond donors (Lipinski definition) is 0. The van der Waals surface area contributed by atoms with Gasteiger partial charge < -0.3 is 0 Å². The molecule has 0 bridgehead atoms. The molecule has 1 aromatic heterocycles. The molecule has 0 spiro atoms. The molecule has 0 unspecified atom stereocenters. The lowest BCUT2D eigenvalue weighted by molar-refractivity contribution is 0.111. The Labute approximate surface area is 65.4 Å². The molecule has 1 rings (SSSR count). The van der Waals surface area contributed by atoms with Gasteiger partial charge in [0.15, 0.2) is 15.7 Å². The molecule has 0 atom stereocenters. The van der Waals surface area contributed by atoms with Crippen molar-refractivity contribution in [2.45, 2.75) is 0 Å². The molecule has 9 heavy (non-hydrogen) atoms. The fourth-order valence-corrected chi connectivity index (χ4v) is 1.02. The van der Waals surface area contributed by atoms with Crippen LogP contribution in [0, 0.1) is 3.70 Å². The largest absolute Gasteiger partial charge is 0.296 e. The topological polar surface area (TPSA) is 47.8 Å². The minimum absolute atomic E-state index is 0.401. The second-order valence-electron chi connectivity index (χ2n) is 1.48. The molecule has 48 valence electrons. The molecule has 0 aliphatic rings. The molecule has 0 aliphatic heterocycles. The number of nitrogens with zero attached hydrogens (tertiary/aromatic N) is 3. The molecule has 1 heterocycles. The summed E-state index contributed by atoms with van der Waals surface area (Å²) in [6.45, 7) is 0. The van der Waals surface area contributed by atoms with E-state index in [4.69, 9.17) is 0 Å². The van der Waals surface area contributed by atoms with Gasteiger partial charge in [-0.1, -0.05) is 0 Å². The van der Waals surface area contributed by atoms with E-state index in [1.165, 1.54) is 4.80 Å². The third-order valence-corrected chi connectivity index (χ3v) is 1.58. The average Bonchev–Trinajstić information content (AvgIpc) is 2.10. The SMILES string of the molecule is Cn1nc(I)c(C=O)n1. The lowest BCUT2D eigenvalue weighted by Crippen LogP contribution is -1.92. The molecule has 0 fully saturated rings. The molecule has 4 nitrogen and oxygen atoms in total. The molecule has 0 radical (unpaired) electrons. The maximum absolute atomic E-state index is 10.1. The van der Waals surface area contributed by atoms with Crippen LogP contribution in [0.15, 0.2) is 0 Å². The fraction of sp³-hybridized carbons (Fsp3) is 0.250. The second-order valence-corrected chi connectivity index (χ2v) is 2.51. The summed E-state index contributed by atoms with van der Waals surface area (Å²) in [5.74, 6) is 0. The van der Waals surface area contributed by atoms with Gasteiger partial charge in [-0.3, -0.25) is 4.79 Å². The van der Waals surface area contributed by atoms with Crippen LogP contribution in [0.1, 0.15) is 10.5 Å². The van der Waals surface area contributed by atoms with Crippen LogP contribution in [-0.4, -0.2) is 21.3 Å². The Morgan fingerprint density at radius 1 is 1.67 bits per heavy atom. The maximum Gasteiger partial charge on any atom is 0.173 e. The van der Waals surface area contributed by atoms with Gasteiger partial charge in [-0.15, -0.1) is 10.2 Å². The van der Waals surface area contributed by atoms with Crippen molar-refractivity contribution in [1.82, 2.24) is 15.0 Å². The van der Waals surface area contributed by atoms with Crippen molar-refractivity contribution < 1.29 is 4.79 Å². The van der Waals surface area contributed by atoms with Crippen molar-refractivity contribution in [1.29, 1.82) is 0 Å². The van der Waals surface area contributed by atoms with E-state index in [1.54, 1.807) is 7.05 Å². The second kappa shape index (κ2) is 2.42. The predicted octanol–water partition coefficient (Wildman–Crippen LogP) is 0.232. The number of halogens is 1. The van der Waals surface area contributed by atoms with E-state index in [2.05, 4.69) is 10.2 Å². The van der Waals surface area contributed by atoms with E-state index in [9.17, 15) is 4.79 Å². The normalized spacial score (nSPS) is 9.56. The monoisotopic (exact) mass is 237 g/mol. The molecule has 0 amide bonds. The van der Waals surface area contributed by atoms with Crippen molar-refractivity contribution >= 4 is 28.9 Å². The van der Waals surface area contributed by atoms with Gasteiger partial charge >= 0.3 is 0 Å². The van der Waals surface area contributed by atoms with Crippen molar-refractivity contribution in [2.75, 3.05) is 0 Å². The molecular weight excluding hydrogens is 233 g/mol. The maximum atomic E-state index is 10.1. The van der Waals surface area contributed by atoms with Crippen LogP contribution in [0.5, 0.6) is 0 Å². The van der Waals surface area contributed by atoms with Crippen molar-refractivity contribution in [3.63, 3.8) is 0 Å². The summed E-state index contributed by atoms with van der Waals surface area (Å²) in [7, 11) is 1.68. The Bertz CT molecular complexity index is 232. The summed E-state index contributed by atoms with van der Waals surface area (Å²) in [5, 5.41) is 7.60. The van der Waals surface area contributed by atoms with Gasteiger partial charge in [0, 0.05) is 7.05 Å². The number of aryl methyl sites for hydroxylation is 1. The number of rotatable bonds is 1. The lowest BCUT2D eigenvalue weighted by Gasteiger charge is -1.76. The molecule has 5 heteroatoms. The van der Waals surface area contributed by atoms with Gasteiger partial charge in [0.25, 0.3) is 0 Å². The predicted molar refractivity (Wildman–Crippen MR) is 39.1 cm³/mol. The lowest BCUT2D eigenvalue weighted by atomic mass is 10.6. The van der Waals surface area contributed by atoms with Crippen molar-refractivity contribution in [3.8, 4) is 0 Å². The van der Waals surface area contributed by atoms with E-state index in [0.717, 1.165) is 0 Å². The molecule has 0 saturated heterocycles. The van der Waals surface area contributed by atoms with E-state index >= 15 is 0 Å². The van der Waals surface area contributed by atoms with Gasteiger partial charge in [-0.05, 0) is 22.6 Å². The first-order valence-corrected chi connectivity index (χ1v) is 3.34. The van der Waals surface area contributed by atoms with E-state index in [-0.39, 0.29) is 0 Å². The minimum Gasteiger partial charge on any atom is -0.296 e. The van der Waals surface area contributed by atoms with Crippen LogP contribution in [0.2, 0.25) is 0 Å². The van der Waals surface area contributed by atoms with Crippen molar-refractivity contribution in [2.24, 2.45) is 7.05 Å². The standard InChI is InChI=1S/C4H4IN3O/c1-8-6-3(2-9)4(5)7-8/h2H,1H3. The minimum atomic E-state index is 0.401. The number of carbonyl (C=O) groups is 1. The van der Waals surface area contributed by atoms with Gasteiger partial charge in [0.05, 0.1) is 0 Å². The summed E-state index contributed by atoms with van der Waals surface area (Å²) >= 11 is 1.96. The Kier molecular flexibility index (Phi) is 1.79. The first-order chi connectivity index (χ1) is 4.24.